The van der Waals surface area contributed by atoms with E-state index in [0.717, 1.165) is 6.42 Å². The molecule has 0 aliphatic carbocycles. The van der Waals surface area contributed by atoms with Crippen molar-refractivity contribution in [2.75, 3.05) is 13.2 Å². The maximum Gasteiger partial charge on any atom is 0.245 e. The van der Waals surface area contributed by atoms with Crippen molar-refractivity contribution in [2.45, 2.75) is 6.42 Å². The summed E-state index contributed by atoms with van der Waals surface area (Å²) in [6.45, 7) is 3.59. The van der Waals surface area contributed by atoms with Gasteiger partial charge in [0.15, 0.2) is 0 Å². The Balaban J connectivity index is 3.06. The molecule has 0 rings (SSSR count). The normalized spacial score (nSPS) is 8.56. The molecular weight excluding hydrogens is 118 g/mol. The molecule has 0 saturated carbocycles. The minimum Gasteiger partial charge on any atom is -0.387 e. The molecule has 0 heterocycles. The van der Waals surface area contributed by atoms with Crippen molar-refractivity contribution >= 4 is 5.91 Å². The Hall–Kier alpha value is -0.830. The van der Waals surface area contributed by atoms with Crippen LogP contribution >= 0.6 is 0 Å². The molecule has 0 aliphatic heterocycles. The zero-order chi connectivity index (χ0) is 7.11. The second kappa shape index (κ2) is 5.31. The molecule has 0 unspecified atom stereocenters. The fraction of sp³-hybridized carbons (Fsp3) is 0.500. The molecule has 0 aromatic carbocycles. The predicted molar refractivity (Wildman–Crippen MR) is 34.9 cm³/mol. The molecule has 0 radical (unpaired) electrons. The highest BCUT2D eigenvalue weighted by molar-refractivity contribution is 5.76. The number of carbonyl (C=O) groups excluding carboxylic acids is 1. The monoisotopic (exact) mass is 129 g/mol. The predicted octanol–water partition coefficient (Wildman–Crippen LogP) is -0.329. The smallest absolute Gasteiger partial charge is 0.245 e. The first-order valence-corrected chi connectivity index (χ1v) is 2.79. The van der Waals surface area contributed by atoms with E-state index in [1.165, 1.54) is 0 Å². The highest BCUT2D eigenvalue weighted by atomic mass is 16.3. The number of carbonyl (C=O) groups is 1. The highest BCUT2D eigenvalue weighted by Crippen LogP contribution is 1.74. The quantitative estimate of drug-likeness (QED) is 0.403. The van der Waals surface area contributed by atoms with E-state index >= 15 is 0 Å². The van der Waals surface area contributed by atoms with Crippen LogP contribution in [0.2, 0.25) is 0 Å². The molecule has 0 aliphatic rings. The van der Waals surface area contributed by atoms with Crippen molar-refractivity contribution in [2.24, 2.45) is 0 Å². The van der Waals surface area contributed by atoms with E-state index < -0.39 is 6.61 Å². The molecular formula is C6H11NO2. The SMILES string of the molecule is C=CCCNC(=O)CO. The van der Waals surface area contributed by atoms with Gasteiger partial charge in [0.1, 0.15) is 6.61 Å². The molecule has 0 saturated heterocycles. The maximum absolute atomic E-state index is 10.3. The van der Waals surface area contributed by atoms with E-state index in [-0.39, 0.29) is 5.91 Å². The van der Waals surface area contributed by atoms with Crippen LogP contribution in [0.15, 0.2) is 12.7 Å². The van der Waals surface area contributed by atoms with E-state index in [4.69, 9.17) is 5.11 Å². The molecule has 0 bridgehead atoms. The van der Waals surface area contributed by atoms with Crippen LogP contribution in [0.25, 0.3) is 0 Å². The van der Waals surface area contributed by atoms with Crippen LogP contribution in [0.5, 0.6) is 0 Å². The van der Waals surface area contributed by atoms with Crippen LogP contribution in [0, 0.1) is 0 Å². The Morgan fingerprint density at radius 1 is 1.78 bits per heavy atom. The lowest BCUT2D eigenvalue weighted by Gasteiger charge is -1.97. The first kappa shape index (κ1) is 8.17. The molecule has 9 heavy (non-hydrogen) atoms. The van der Waals surface area contributed by atoms with Gasteiger partial charge in [-0.2, -0.15) is 0 Å². The van der Waals surface area contributed by atoms with E-state index in [1.807, 2.05) is 0 Å². The van der Waals surface area contributed by atoms with Crippen molar-refractivity contribution < 1.29 is 9.90 Å². The zero-order valence-corrected chi connectivity index (χ0v) is 5.26. The van der Waals surface area contributed by atoms with Crippen molar-refractivity contribution in [1.82, 2.24) is 5.32 Å². The molecule has 1 amide bonds. The molecule has 0 atom stereocenters. The molecule has 0 aromatic heterocycles. The van der Waals surface area contributed by atoms with Crippen LogP contribution < -0.4 is 5.32 Å². The zero-order valence-electron chi connectivity index (χ0n) is 5.26. The van der Waals surface area contributed by atoms with Crippen molar-refractivity contribution in [3.05, 3.63) is 12.7 Å². The highest BCUT2D eigenvalue weighted by Gasteiger charge is 1.92. The third-order valence-electron chi connectivity index (χ3n) is 0.814. The second-order valence-electron chi connectivity index (χ2n) is 1.59. The Kier molecular flexibility index (Phi) is 4.82. The first-order valence-electron chi connectivity index (χ1n) is 2.79. The average molecular weight is 129 g/mol. The largest absolute Gasteiger partial charge is 0.387 e. The first-order chi connectivity index (χ1) is 4.31. The molecule has 52 valence electrons. The minimum absolute atomic E-state index is 0.336. The number of amides is 1. The molecule has 3 heteroatoms. The number of rotatable bonds is 4. The summed E-state index contributed by atoms with van der Waals surface area (Å²) in [5.41, 5.74) is 0. The fourth-order valence-corrected chi connectivity index (χ4v) is 0.370. The third kappa shape index (κ3) is 5.03. The topological polar surface area (TPSA) is 49.3 Å². The molecule has 0 aromatic rings. The van der Waals surface area contributed by atoms with Gasteiger partial charge in [0.2, 0.25) is 5.91 Å². The second-order valence-corrected chi connectivity index (χ2v) is 1.59. The van der Waals surface area contributed by atoms with Gasteiger partial charge in [0.05, 0.1) is 0 Å². The van der Waals surface area contributed by atoms with Crippen molar-refractivity contribution in [3.63, 3.8) is 0 Å². The van der Waals surface area contributed by atoms with Crippen LogP contribution in [-0.4, -0.2) is 24.2 Å². The lowest BCUT2D eigenvalue weighted by molar-refractivity contribution is -0.123. The number of aliphatic hydroxyl groups is 1. The van der Waals surface area contributed by atoms with Crippen LogP contribution in [0.4, 0.5) is 0 Å². The van der Waals surface area contributed by atoms with Gasteiger partial charge in [-0.15, -0.1) is 6.58 Å². The number of hydrogen-bond donors (Lipinski definition) is 2. The van der Waals surface area contributed by atoms with E-state index in [2.05, 4.69) is 11.9 Å². The molecule has 3 nitrogen and oxygen atoms in total. The van der Waals surface area contributed by atoms with Gasteiger partial charge in [0.25, 0.3) is 0 Å². The Morgan fingerprint density at radius 2 is 2.44 bits per heavy atom. The Bertz CT molecular complexity index is 101. The van der Waals surface area contributed by atoms with Crippen LogP contribution in [0.3, 0.4) is 0 Å². The van der Waals surface area contributed by atoms with E-state index in [0.29, 0.717) is 6.54 Å². The summed E-state index contributed by atoms with van der Waals surface area (Å²) in [5, 5.41) is 10.7. The molecule has 2 N–H and O–H groups in total. The summed E-state index contributed by atoms with van der Waals surface area (Å²) in [7, 11) is 0. The summed E-state index contributed by atoms with van der Waals surface area (Å²) in [4.78, 5) is 10.3. The van der Waals surface area contributed by atoms with Gasteiger partial charge in [-0.1, -0.05) is 6.08 Å². The molecule has 0 fully saturated rings. The number of aliphatic hydroxyl groups excluding tert-OH is 1. The summed E-state index contributed by atoms with van der Waals surface area (Å²) in [6.07, 6.45) is 2.45. The van der Waals surface area contributed by atoms with Gasteiger partial charge in [-0.3, -0.25) is 4.79 Å². The van der Waals surface area contributed by atoms with Gasteiger partial charge in [-0.25, -0.2) is 0 Å². The number of hydrogen-bond acceptors (Lipinski definition) is 2. The summed E-state index contributed by atoms with van der Waals surface area (Å²) >= 11 is 0. The summed E-state index contributed by atoms with van der Waals surface area (Å²) in [5.74, 6) is -0.336. The Labute approximate surface area is 54.4 Å². The standard InChI is InChI=1S/C6H11NO2/c1-2-3-4-7-6(9)5-8/h2,8H,1,3-5H2,(H,7,9). The van der Waals surface area contributed by atoms with Gasteiger partial charge < -0.3 is 10.4 Å². The van der Waals surface area contributed by atoms with E-state index in [9.17, 15) is 4.79 Å². The minimum atomic E-state index is -0.433. The summed E-state index contributed by atoms with van der Waals surface area (Å²) < 4.78 is 0. The average Bonchev–Trinajstić information content (AvgIpc) is 1.89. The third-order valence-corrected chi connectivity index (χ3v) is 0.814. The van der Waals surface area contributed by atoms with Gasteiger partial charge in [0, 0.05) is 6.54 Å². The molecule has 0 spiro atoms. The van der Waals surface area contributed by atoms with Gasteiger partial charge in [-0.05, 0) is 6.42 Å². The van der Waals surface area contributed by atoms with Gasteiger partial charge >= 0.3 is 0 Å². The van der Waals surface area contributed by atoms with Crippen molar-refractivity contribution in [3.8, 4) is 0 Å². The lowest BCUT2D eigenvalue weighted by Crippen LogP contribution is -2.26. The summed E-state index contributed by atoms with van der Waals surface area (Å²) in [6, 6.07) is 0. The maximum atomic E-state index is 10.3. The number of nitrogens with one attached hydrogen (secondary N) is 1. The Morgan fingerprint density at radius 3 is 2.89 bits per heavy atom. The fourth-order valence-electron chi connectivity index (χ4n) is 0.370. The van der Waals surface area contributed by atoms with Crippen molar-refractivity contribution in [1.29, 1.82) is 0 Å². The van der Waals surface area contributed by atoms with E-state index in [1.54, 1.807) is 6.08 Å². The van der Waals surface area contributed by atoms with Crippen LogP contribution in [0.1, 0.15) is 6.42 Å². The lowest BCUT2D eigenvalue weighted by atomic mass is 10.4. The van der Waals surface area contributed by atoms with Crippen LogP contribution in [-0.2, 0) is 4.79 Å².